The van der Waals surface area contributed by atoms with Gasteiger partial charge >= 0.3 is 0 Å². The summed E-state index contributed by atoms with van der Waals surface area (Å²) in [6, 6.07) is 15.3. The maximum Gasteiger partial charge on any atom is 0.267 e. The zero-order valence-corrected chi connectivity index (χ0v) is 27.9. The Morgan fingerprint density at radius 3 is 2.33 bits per heavy atom. The maximum atomic E-state index is 14.3. The first-order valence-corrected chi connectivity index (χ1v) is 16.8. The lowest BCUT2D eigenvalue weighted by Gasteiger charge is -2.21. The molecule has 2 N–H and O–H groups in total. The highest BCUT2D eigenvalue weighted by Crippen LogP contribution is 2.38. The van der Waals surface area contributed by atoms with Crippen LogP contribution in [0.25, 0.3) is 27.6 Å². The van der Waals surface area contributed by atoms with Gasteiger partial charge in [0.1, 0.15) is 23.2 Å². The second-order valence-corrected chi connectivity index (χ2v) is 13.7. The van der Waals surface area contributed by atoms with Gasteiger partial charge in [-0.25, -0.2) is 31.5 Å². The summed E-state index contributed by atoms with van der Waals surface area (Å²) >= 11 is 6.76. The zero-order valence-electron chi connectivity index (χ0n) is 26.3. The number of nitrogens with zero attached hydrogens (tertiary/aromatic N) is 6. The summed E-state index contributed by atoms with van der Waals surface area (Å²) in [6.45, 7) is 1.68. The number of aromatic nitrogens is 5. The van der Waals surface area contributed by atoms with Gasteiger partial charge in [0.05, 0.1) is 53.0 Å². The third-order valence-corrected chi connectivity index (χ3v) is 9.29. The van der Waals surface area contributed by atoms with Gasteiger partial charge in [-0.05, 0) is 73.0 Å². The molecule has 6 rings (SSSR count). The third-order valence-electron chi connectivity index (χ3n) is 7.87. The number of halogens is 3. The van der Waals surface area contributed by atoms with Gasteiger partial charge in [-0.1, -0.05) is 23.7 Å². The van der Waals surface area contributed by atoms with Crippen molar-refractivity contribution in [1.82, 2.24) is 24.3 Å². The number of pyridine rings is 1. The number of ether oxygens (including phenoxy) is 1. The van der Waals surface area contributed by atoms with E-state index in [-0.39, 0.29) is 57.3 Å². The van der Waals surface area contributed by atoms with Gasteiger partial charge in [-0.2, -0.15) is 5.10 Å². The van der Waals surface area contributed by atoms with Crippen LogP contribution in [0.4, 0.5) is 14.6 Å². The first-order chi connectivity index (χ1) is 22.7. The first-order valence-electron chi connectivity index (χ1n) is 14.6. The Morgan fingerprint density at radius 1 is 1.00 bits per heavy atom. The van der Waals surface area contributed by atoms with Crippen molar-refractivity contribution in [2.75, 3.05) is 17.7 Å². The van der Waals surface area contributed by atoms with E-state index in [1.807, 2.05) is 0 Å². The minimum atomic E-state index is -3.91. The molecule has 0 saturated carbocycles. The zero-order chi connectivity index (χ0) is 34.5. The van der Waals surface area contributed by atoms with E-state index in [4.69, 9.17) is 22.1 Å². The molecular weight excluding hydrogens is 664 g/mol. The SMILES string of the molecule is COc1ccc(CN(c2nn(C)c3c(-n4c(C(N)Cc5cc(F)cc(F)c5)nc5nc(C)ccc5c4=O)ccc(Cl)c23)S(C)(=O)=O)cc1. The number of hydrogen-bond acceptors (Lipinski definition) is 8. The predicted molar refractivity (Wildman–Crippen MR) is 180 cm³/mol. The van der Waals surface area contributed by atoms with Gasteiger partial charge < -0.3 is 10.5 Å². The number of rotatable bonds is 9. The standard InChI is InChI=1S/C33H30ClF2N7O4S/c1-18-5-10-24-30(38-18)39-31(26(37)15-20-13-21(35)16-22(36)14-20)43(33(24)44)27-12-11-25(34)28-29(27)41(2)40-32(28)42(48(4,45)46)17-19-6-8-23(47-3)9-7-19/h5-14,16,26H,15,17,37H2,1-4H3. The van der Waals surface area contributed by atoms with Crippen LogP contribution in [0.3, 0.4) is 0 Å². The first kappa shape index (κ1) is 33.0. The van der Waals surface area contributed by atoms with Crippen molar-refractivity contribution in [3.05, 3.63) is 116 Å². The highest BCUT2D eigenvalue weighted by atomic mass is 35.5. The van der Waals surface area contributed by atoms with Crippen molar-refractivity contribution in [1.29, 1.82) is 0 Å². The van der Waals surface area contributed by atoms with Crippen molar-refractivity contribution >= 4 is 49.4 Å². The summed E-state index contributed by atoms with van der Waals surface area (Å²) < 4.78 is 63.7. The second-order valence-electron chi connectivity index (χ2n) is 11.4. The Kier molecular flexibility index (Phi) is 8.66. The quantitative estimate of drug-likeness (QED) is 0.220. The molecule has 3 aromatic carbocycles. The van der Waals surface area contributed by atoms with Crippen LogP contribution in [-0.4, -0.2) is 46.1 Å². The number of hydrogen-bond donors (Lipinski definition) is 1. The molecule has 15 heteroatoms. The molecule has 11 nitrogen and oxygen atoms in total. The van der Waals surface area contributed by atoms with Crippen LogP contribution in [0, 0.1) is 18.6 Å². The fourth-order valence-corrected chi connectivity index (χ4v) is 6.74. The minimum Gasteiger partial charge on any atom is -0.497 e. The molecule has 0 bridgehead atoms. The van der Waals surface area contributed by atoms with E-state index >= 15 is 0 Å². The molecule has 0 aliphatic heterocycles. The van der Waals surface area contributed by atoms with Gasteiger partial charge in [-0.3, -0.25) is 14.0 Å². The number of sulfonamides is 1. The summed E-state index contributed by atoms with van der Waals surface area (Å²) in [5, 5.41) is 5.22. The second kappa shape index (κ2) is 12.6. The molecule has 3 heterocycles. The summed E-state index contributed by atoms with van der Waals surface area (Å²) in [6.07, 6.45) is 0.990. The molecule has 0 radical (unpaired) electrons. The van der Waals surface area contributed by atoms with Crippen LogP contribution in [0.2, 0.25) is 5.02 Å². The van der Waals surface area contributed by atoms with Gasteiger partial charge in [0.2, 0.25) is 10.0 Å². The van der Waals surface area contributed by atoms with Gasteiger partial charge in [0, 0.05) is 18.8 Å². The average Bonchev–Trinajstić information content (AvgIpc) is 3.36. The fraction of sp³-hybridized carbons (Fsp3) is 0.212. The van der Waals surface area contributed by atoms with E-state index < -0.39 is 33.3 Å². The lowest BCUT2D eigenvalue weighted by molar-refractivity contribution is 0.414. The van der Waals surface area contributed by atoms with Crippen LogP contribution in [0.5, 0.6) is 5.75 Å². The van der Waals surface area contributed by atoms with E-state index in [0.717, 1.165) is 28.8 Å². The van der Waals surface area contributed by atoms with Crippen molar-refractivity contribution in [2.45, 2.75) is 25.9 Å². The summed E-state index contributed by atoms with van der Waals surface area (Å²) in [5.74, 6) is -0.842. The molecule has 1 unspecified atom stereocenters. The van der Waals surface area contributed by atoms with Crippen molar-refractivity contribution in [3.63, 3.8) is 0 Å². The average molecular weight is 694 g/mol. The van der Waals surface area contributed by atoms with Crippen LogP contribution in [-0.2, 0) is 30.0 Å². The van der Waals surface area contributed by atoms with Crippen molar-refractivity contribution < 1.29 is 21.9 Å². The van der Waals surface area contributed by atoms with Crippen molar-refractivity contribution in [3.8, 4) is 11.4 Å². The normalized spacial score (nSPS) is 12.5. The smallest absolute Gasteiger partial charge is 0.267 e. The van der Waals surface area contributed by atoms with E-state index in [1.54, 1.807) is 56.4 Å². The largest absolute Gasteiger partial charge is 0.497 e. The monoisotopic (exact) mass is 693 g/mol. The predicted octanol–water partition coefficient (Wildman–Crippen LogP) is 5.12. The number of methoxy groups -OCH3 is 1. The lowest BCUT2D eigenvalue weighted by atomic mass is 10.0. The summed E-state index contributed by atoms with van der Waals surface area (Å²) in [7, 11) is -0.782. The van der Waals surface area contributed by atoms with E-state index in [0.29, 0.717) is 22.5 Å². The van der Waals surface area contributed by atoms with Crippen LogP contribution in [0.1, 0.15) is 28.7 Å². The van der Waals surface area contributed by atoms with Gasteiger partial charge in [0.15, 0.2) is 11.5 Å². The number of nitrogens with two attached hydrogens (primary N) is 1. The topological polar surface area (TPSA) is 138 Å². The fourth-order valence-electron chi connectivity index (χ4n) is 5.67. The van der Waals surface area contributed by atoms with E-state index in [1.165, 1.54) is 22.4 Å². The Balaban J connectivity index is 1.58. The van der Waals surface area contributed by atoms with E-state index in [2.05, 4.69) is 15.1 Å². The van der Waals surface area contributed by atoms with Gasteiger partial charge in [0.25, 0.3) is 5.56 Å². The molecule has 0 saturated heterocycles. The molecule has 0 amide bonds. The number of benzene rings is 3. The molecule has 6 aromatic rings. The molecule has 1 atom stereocenters. The highest BCUT2D eigenvalue weighted by molar-refractivity contribution is 7.92. The van der Waals surface area contributed by atoms with E-state index in [9.17, 15) is 22.0 Å². The van der Waals surface area contributed by atoms with Crippen LogP contribution >= 0.6 is 11.6 Å². The van der Waals surface area contributed by atoms with Crippen molar-refractivity contribution in [2.24, 2.45) is 12.8 Å². The lowest BCUT2D eigenvalue weighted by Crippen LogP contribution is -2.30. The Bertz CT molecular complexity index is 2360. The number of anilines is 1. The Morgan fingerprint density at radius 2 is 1.69 bits per heavy atom. The minimum absolute atomic E-state index is 0.0397. The molecule has 0 fully saturated rings. The molecule has 0 aliphatic rings. The summed E-state index contributed by atoms with van der Waals surface area (Å²) in [5.41, 5.74) is 8.37. The third kappa shape index (κ3) is 6.21. The summed E-state index contributed by atoms with van der Waals surface area (Å²) in [4.78, 5) is 23.4. The molecule has 248 valence electrons. The molecule has 3 aromatic heterocycles. The maximum absolute atomic E-state index is 14.3. The van der Waals surface area contributed by atoms with Crippen LogP contribution in [0.15, 0.2) is 71.5 Å². The number of fused-ring (bicyclic) bond motifs is 2. The number of aryl methyl sites for hydroxylation is 2. The molecular formula is C33H30ClF2N7O4S. The van der Waals surface area contributed by atoms with Crippen LogP contribution < -0.4 is 20.3 Å². The molecule has 48 heavy (non-hydrogen) atoms. The highest BCUT2D eigenvalue weighted by Gasteiger charge is 2.29. The van der Waals surface area contributed by atoms with Gasteiger partial charge in [-0.15, -0.1) is 0 Å². The molecule has 0 spiro atoms. The Labute approximate surface area is 279 Å². The molecule has 0 aliphatic carbocycles. The Hall–Kier alpha value is -4.92.